The second-order valence-electron chi connectivity index (χ2n) is 10.5. The average Bonchev–Trinajstić information content (AvgIpc) is 3.27. The van der Waals surface area contributed by atoms with E-state index in [0.29, 0.717) is 22.2 Å². The van der Waals surface area contributed by atoms with Gasteiger partial charge in [-0.3, -0.25) is 4.79 Å². The van der Waals surface area contributed by atoms with Gasteiger partial charge in [-0.05, 0) is 73.7 Å². The molecule has 0 saturated carbocycles. The summed E-state index contributed by atoms with van der Waals surface area (Å²) in [6.45, 7) is 6.31. The molecule has 0 radical (unpaired) electrons. The first-order valence-electron chi connectivity index (χ1n) is 13.1. The summed E-state index contributed by atoms with van der Waals surface area (Å²) in [7, 11) is 1.88. The van der Waals surface area contributed by atoms with E-state index >= 15 is 0 Å². The van der Waals surface area contributed by atoms with E-state index in [2.05, 4.69) is 29.2 Å². The molecular weight excluding hydrogens is 503 g/mol. The summed E-state index contributed by atoms with van der Waals surface area (Å²) in [6, 6.07) is 22.2. The SMILES string of the molecule is Cc1ccc(C(=O)N(C)C[C@@H](CCN2CCC3(CC2)OCc2ccccc23)c2ccc(Cl)c(Cl)c2)cc1. The van der Waals surface area contributed by atoms with Gasteiger partial charge in [0.25, 0.3) is 5.91 Å². The summed E-state index contributed by atoms with van der Waals surface area (Å²) in [4.78, 5) is 17.5. The summed E-state index contributed by atoms with van der Waals surface area (Å²) in [5.74, 6) is 0.176. The van der Waals surface area contributed by atoms with Crippen LogP contribution in [-0.2, 0) is 16.9 Å². The lowest BCUT2D eigenvalue weighted by Gasteiger charge is -2.40. The quantitative estimate of drug-likeness (QED) is 0.323. The first-order chi connectivity index (χ1) is 17.8. The van der Waals surface area contributed by atoms with E-state index in [1.807, 2.05) is 61.3 Å². The Labute approximate surface area is 230 Å². The minimum absolute atomic E-state index is 0.0297. The summed E-state index contributed by atoms with van der Waals surface area (Å²) < 4.78 is 6.35. The maximum atomic E-state index is 13.1. The van der Waals surface area contributed by atoms with Crippen LogP contribution in [0.3, 0.4) is 0 Å². The van der Waals surface area contributed by atoms with Crippen molar-refractivity contribution in [2.45, 2.75) is 44.3 Å². The van der Waals surface area contributed by atoms with Crippen LogP contribution >= 0.6 is 23.2 Å². The molecule has 3 aromatic carbocycles. The van der Waals surface area contributed by atoms with Gasteiger partial charge in [-0.15, -0.1) is 0 Å². The van der Waals surface area contributed by atoms with Crippen molar-refractivity contribution >= 4 is 29.1 Å². The molecule has 0 aliphatic carbocycles. The van der Waals surface area contributed by atoms with Gasteiger partial charge < -0.3 is 14.5 Å². The van der Waals surface area contributed by atoms with Crippen LogP contribution in [0.2, 0.25) is 10.0 Å². The summed E-state index contributed by atoms with van der Waals surface area (Å²) >= 11 is 12.6. The number of hydrogen-bond donors (Lipinski definition) is 0. The van der Waals surface area contributed by atoms with Crippen LogP contribution < -0.4 is 0 Å². The van der Waals surface area contributed by atoms with E-state index in [-0.39, 0.29) is 17.4 Å². The van der Waals surface area contributed by atoms with Gasteiger partial charge in [0.15, 0.2) is 0 Å². The van der Waals surface area contributed by atoms with Crippen LogP contribution in [0.1, 0.15) is 57.8 Å². The van der Waals surface area contributed by atoms with Crippen molar-refractivity contribution in [1.29, 1.82) is 0 Å². The molecule has 2 aliphatic rings. The predicted octanol–water partition coefficient (Wildman–Crippen LogP) is 7.07. The fourth-order valence-electron chi connectivity index (χ4n) is 5.73. The number of aryl methyl sites for hydroxylation is 1. The Morgan fingerprint density at radius 1 is 1.03 bits per heavy atom. The van der Waals surface area contributed by atoms with Crippen LogP contribution in [0.4, 0.5) is 0 Å². The number of rotatable bonds is 7. The van der Waals surface area contributed by atoms with E-state index < -0.39 is 0 Å². The lowest BCUT2D eigenvalue weighted by molar-refractivity contribution is -0.0790. The second-order valence-corrected chi connectivity index (χ2v) is 11.3. The zero-order valence-electron chi connectivity index (χ0n) is 21.6. The van der Waals surface area contributed by atoms with Gasteiger partial charge in [-0.1, -0.05) is 71.2 Å². The zero-order chi connectivity index (χ0) is 26.0. The fourth-order valence-corrected chi connectivity index (χ4v) is 6.04. The molecule has 0 bridgehead atoms. The van der Waals surface area contributed by atoms with Gasteiger partial charge in [-0.25, -0.2) is 0 Å². The first kappa shape index (κ1) is 26.2. The third-order valence-corrected chi connectivity index (χ3v) is 8.76. The number of amides is 1. The third kappa shape index (κ3) is 5.73. The molecule has 0 N–H and O–H groups in total. The van der Waals surface area contributed by atoms with Crippen molar-refractivity contribution < 1.29 is 9.53 Å². The van der Waals surface area contributed by atoms with Gasteiger partial charge >= 0.3 is 0 Å². The Morgan fingerprint density at radius 3 is 2.49 bits per heavy atom. The molecule has 1 atom stereocenters. The number of carbonyl (C=O) groups excluding carboxylic acids is 1. The van der Waals surface area contributed by atoms with Crippen LogP contribution in [-0.4, -0.2) is 48.9 Å². The van der Waals surface area contributed by atoms with Crippen molar-refractivity contribution in [3.63, 3.8) is 0 Å². The van der Waals surface area contributed by atoms with E-state index in [4.69, 9.17) is 27.9 Å². The van der Waals surface area contributed by atoms with E-state index in [9.17, 15) is 4.79 Å². The Morgan fingerprint density at radius 2 is 1.76 bits per heavy atom. The van der Waals surface area contributed by atoms with Gasteiger partial charge in [-0.2, -0.15) is 0 Å². The minimum atomic E-state index is -0.128. The lowest BCUT2D eigenvalue weighted by atomic mass is 9.83. The van der Waals surface area contributed by atoms with Crippen LogP contribution in [0.15, 0.2) is 66.7 Å². The first-order valence-corrected chi connectivity index (χ1v) is 13.8. The van der Waals surface area contributed by atoms with Crippen molar-refractivity contribution in [1.82, 2.24) is 9.80 Å². The second kappa shape index (κ2) is 11.2. The van der Waals surface area contributed by atoms with Gasteiger partial charge in [0.1, 0.15) is 0 Å². The number of ether oxygens (including phenoxy) is 1. The van der Waals surface area contributed by atoms with Gasteiger partial charge in [0.2, 0.25) is 0 Å². The predicted molar refractivity (Wildman–Crippen MR) is 151 cm³/mol. The standard InChI is InChI=1S/C31H34Cl2N2O2/c1-22-7-9-23(10-8-22)30(36)34(2)20-25(24-11-12-28(32)29(33)19-24)13-16-35-17-14-31(15-18-35)27-6-4-3-5-26(27)21-37-31/h3-12,19,25H,13-18,20-21H2,1-2H3/t25-/m1/s1. The van der Waals surface area contributed by atoms with Crippen molar-refractivity contribution in [2.75, 3.05) is 33.2 Å². The largest absolute Gasteiger partial charge is 0.365 e. The molecule has 194 valence electrons. The summed E-state index contributed by atoms with van der Waals surface area (Å²) in [5.41, 5.74) is 5.54. The number of fused-ring (bicyclic) bond motifs is 2. The molecule has 5 rings (SSSR count). The third-order valence-electron chi connectivity index (χ3n) is 8.02. The number of nitrogens with zero attached hydrogens (tertiary/aromatic N) is 2. The highest BCUT2D eigenvalue weighted by Gasteiger charge is 2.42. The van der Waals surface area contributed by atoms with Crippen LogP contribution in [0.25, 0.3) is 0 Å². The monoisotopic (exact) mass is 536 g/mol. The molecule has 0 unspecified atom stereocenters. The molecule has 6 heteroatoms. The lowest BCUT2D eigenvalue weighted by Crippen LogP contribution is -2.43. The summed E-state index contributed by atoms with van der Waals surface area (Å²) in [5, 5.41) is 1.10. The highest BCUT2D eigenvalue weighted by Crippen LogP contribution is 2.44. The highest BCUT2D eigenvalue weighted by molar-refractivity contribution is 6.42. The highest BCUT2D eigenvalue weighted by atomic mass is 35.5. The molecular formula is C31H34Cl2N2O2. The molecule has 1 fully saturated rings. The van der Waals surface area contributed by atoms with Crippen LogP contribution in [0, 0.1) is 6.92 Å². The molecule has 1 saturated heterocycles. The Hall–Kier alpha value is -2.37. The Balaban J connectivity index is 1.25. The molecule has 3 aromatic rings. The molecule has 1 amide bonds. The van der Waals surface area contributed by atoms with E-state index in [0.717, 1.165) is 56.6 Å². The number of benzene rings is 3. The normalized spacial score (nSPS) is 17.5. The maximum Gasteiger partial charge on any atom is 0.253 e. The molecule has 1 spiro atoms. The van der Waals surface area contributed by atoms with Crippen molar-refractivity contribution in [2.24, 2.45) is 0 Å². The van der Waals surface area contributed by atoms with Gasteiger partial charge in [0.05, 0.1) is 22.3 Å². The number of hydrogen-bond acceptors (Lipinski definition) is 3. The molecule has 37 heavy (non-hydrogen) atoms. The number of piperidine rings is 1. The van der Waals surface area contributed by atoms with Crippen LogP contribution in [0.5, 0.6) is 0 Å². The smallest absolute Gasteiger partial charge is 0.253 e. The van der Waals surface area contributed by atoms with E-state index in [1.165, 1.54) is 11.1 Å². The minimum Gasteiger partial charge on any atom is -0.365 e. The van der Waals surface area contributed by atoms with Gasteiger partial charge in [0, 0.05) is 38.2 Å². The number of halogens is 2. The Bertz CT molecular complexity index is 1250. The topological polar surface area (TPSA) is 32.8 Å². The zero-order valence-corrected chi connectivity index (χ0v) is 23.1. The number of likely N-dealkylation sites (N-methyl/N-ethyl adjacent to an activating group) is 1. The average molecular weight is 538 g/mol. The molecule has 0 aromatic heterocycles. The number of carbonyl (C=O) groups is 1. The summed E-state index contributed by atoms with van der Waals surface area (Å²) in [6.07, 6.45) is 2.94. The van der Waals surface area contributed by atoms with Crippen molar-refractivity contribution in [3.05, 3.63) is 105 Å². The van der Waals surface area contributed by atoms with E-state index in [1.54, 1.807) is 0 Å². The Kier molecular flexibility index (Phi) is 7.92. The van der Waals surface area contributed by atoms with Crippen molar-refractivity contribution in [3.8, 4) is 0 Å². The molecule has 2 aliphatic heterocycles. The molecule has 4 nitrogen and oxygen atoms in total. The number of likely N-dealkylation sites (tertiary alicyclic amines) is 1. The molecule has 2 heterocycles. The fraction of sp³-hybridized carbons (Fsp3) is 0.387. The maximum absolute atomic E-state index is 13.1.